The first-order valence-electron chi connectivity index (χ1n) is 8.97. The summed E-state index contributed by atoms with van der Waals surface area (Å²) in [5.74, 6) is -2.06. The number of aliphatic imine (C=N–C) groups is 1. The topological polar surface area (TPSA) is 75.3 Å². The lowest BCUT2D eigenvalue weighted by molar-refractivity contribution is -0.138. The SMILES string of the molecule is CCOc1nccc2c1C(c1ccc(C#N)cc1C(F)(F)F)C(C(C)=O)C(C)=N2. The number of aromatic nitrogens is 1. The highest BCUT2D eigenvalue weighted by atomic mass is 19.4. The van der Waals surface area contributed by atoms with Crippen LogP contribution in [-0.4, -0.2) is 23.1 Å². The summed E-state index contributed by atoms with van der Waals surface area (Å²) in [6, 6.07) is 6.71. The number of nitriles is 1. The number of halogens is 3. The van der Waals surface area contributed by atoms with E-state index in [0.29, 0.717) is 17.0 Å². The molecule has 1 aliphatic heterocycles. The molecule has 1 aromatic heterocycles. The lowest BCUT2D eigenvalue weighted by Crippen LogP contribution is -2.32. The van der Waals surface area contributed by atoms with Crippen molar-refractivity contribution < 1.29 is 22.7 Å². The Hall–Kier alpha value is -3.21. The van der Waals surface area contributed by atoms with Crippen molar-refractivity contribution in [1.29, 1.82) is 5.26 Å². The number of ether oxygens (including phenoxy) is 1. The number of pyridine rings is 1. The summed E-state index contributed by atoms with van der Waals surface area (Å²) in [7, 11) is 0. The fraction of sp³-hybridized carbons (Fsp3) is 0.333. The van der Waals surface area contributed by atoms with Crippen LogP contribution in [0.1, 0.15) is 48.9 Å². The molecule has 2 heterocycles. The molecule has 1 aromatic carbocycles. The molecule has 0 saturated heterocycles. The average molecular weight is 401 g/mol. The van der Waals surface area contributed by atoms with Crippen LogP contribution in [0.3, 0.4) is 0 Å². The van der Waals surface area contributed by atoms with E-state index in [-0.39, 0.29) is 29.4 Å². The molecule has 2 unspecified atom stereocenters. The van der Waals surface area contributed by atoms with Gasteiger partial charge in [0.15, 0.2) is 0 Å². The molecule has 5 nitrogen and oxygen atoms in total. The zero-order valence-electron chi connectivity index (χ0n) is 16.0. The molecule has 0 fully saturated rings. The Morgan fingerprint density at radius 1 is 1.31 bits per heavy atom. The van der Waals surface area contributed by atoms with Crippen molar-refractivity contribution in [3.05, 3.63) is 52.7 Å². The predicted molar refractivity (Wildman–Crippen MR) is 100 cm³/mol. The average Bonchev–Trinajstić information content (AvgIpc) is 2.65. The first-order chi connectivity index (χ1) is 13.7. The highest BCUT2D eigenvalue weighted by Crippen LogP contribution is 2.49. The molecular formula is C21H18F3N3O2. The second-order valence-corrected chi connectivity index (χ2v) is 6.71. The van der Waals surface area contributed by atoms with Crippen LogP contribution in [0.25, 0.3) is 0 Å². The number of benzene rings is 1. The van der Waals surface area contributed by atoms with Crippen LogP contribution < -0.4 is 4.74 Å². The third kappa shape index (κ3) is 3.73. The molecule has 0 N–H and O–H groups in total. The summed E-state index contributed by atoms with van der Waals surface area (Å²) in [5.41, 5.74) is -0.00332. The van der Waals surface area contributed by atoms with E-state index in [4.69, 9.17) is 10.00 Å². The number of alkyl halides is 3. The molecule has 3 rings (SSSR count). The van der Waals surface area contributed by atoms with E-state index in [1.54, 1.807) is 26.0 Å². The van der Waals surface area contributed by atoms with Crippen molar-refractivity contribution in [3.63, 3.8) is 0 Å². The quantitative estimate of drug-likeness (QED) is 0.737. The van der Waals surface area contributed by atoms with E-state index >= 15 is 0 Å². The molecule has 8 heteroatoms. The van der Waals surface area contributed by atoms with Crippen LogP contribution in [0.15, 0.2) is 35.5 Å². The van der Waals surface area contributed by atoms with E-state index in [2.05, 4.69) is 9.98 Å². The van der Waals surface area contributed by atoms with Crippen LogP contribution in [0.5, 0.6) is 5.88 Å². The van der Waals surface area contributed by atoms with Gasteiger partial charge in [0.05, 0.1) is 35.4 Å². The summed E-state index contributed by atoms with van der Waals surface area (Å²) in [5, 5.41) is 9.06. The Labute approximate surface area is 165 Å². The highest BCUT2D eigenvalue weighted by Gasteiger charge is 2.43. The van der Waals surface area contributed by atoms with Gasteiger partial charge in [0, 0.05) is 23.4 Å². The summed E-state index contributed by atoms with van der Waals surface area (Å²) < 4.78 is 47.3. The van der Waals surface area contributed by atoms with Gasteiger partial charge in [-0.2, -0.15) is 18.4 Å². The number of ketones is 1. The Morgan fingerprint density at radius 2 is 2.03 bits per heavy atom. The summed E-state index contributed by atoms with van der Waals surface area (Å²) >= 11 is 0. The Balaban J connectivity index is 2.37. The fourth-order valence-electron chi connectivity index (χ4n) is 3.76. The van der Waals surface area contributed by atoms with Crippen LogP contribution in [0.4, 0.5) is 18.9 Å². The van der Waals surface area contributed by atoms with E-state index in [1.165, 1.54) is 25.3 Å². The molecular weight excluding hydrogens is 383 g/mol. The van der Waals surface area contributed by atoms with Gasteiger partial charge >= 0.3 is 6.18 Å². The van der Waals surface area contributed by atoms with E-state index in [9.17, 15) is 18.0 Å². The number of rotatable bonds is 4. The minimum Gasteiger partial charge on any atom is -0.478 e. The molecule has 0 saturated carbocycles. The summed E-state index contributed by atoms with van der Waals surface area (Å²) in [6.45, 7) is 4.94. The van der Waals surface area contributed by atoms with Gasteiger partial charge in [-0.15, -0.1) is 0 Å². The molecule has 150 valence electrons. The molecule has 29 heavy (non-hydrogen) atoms. The predicted octanol–water partition coefficient (Wildman–Crippen LogP) is 4.81. The molecule has 1 aliphatic rings. The molecule has 0 radical (unpaired) electrons. The molecule has 0 amide bonds. The molecule has 2 aromatic rings. The second-order valence-electron chi connectivity index (χ2n) is 6.71. The summed E-state index contributed by atoms with van der Waals surface area (Å²) in [6.07, 6.45) is -3.24. The van der Waals surface area contributed by atoms with Gasteiger partial charge in [0.25, 0.3) is 0 Å². The van der Waals surface area contributed by atoms with E-state index in [1.807, 2.05) is 0 Å². The zero-order chi connectivity index (χ0) is 21.3. The van der Waals surface area contributed by atoms with Crippen molar-refractivity contribution in [1.82, 2.24) is 4.98 Å². The minimum atomic E-state index is -4.71. The van der Waals surface area contributed by atoms with Gasteiger partial charge in [-0.25, -0.2) is 4.98 Å². The first kappa shape index (κ1) is 20.5. The number of hydrogen-bond donors (Lipinski definition) is 0. The van der Waals surface area contributed by atoms with Crippen molar-refractivity contribution in [2.75, 3.05) is 6.61 Å². The number of fused-ring (bicyclic) bond motifs is 1. The van der Waals surface area contributed by atoms with Gasteiger partial charge in [0.1, 0.15) is 5.78 Å². The van der Waals surface area contributed by atoms with Crippen LogP contribution in [-0.2, 0) is 11.0 Å². The number of nitrogens with zero attached hydrogens (tertiary/aromatic N) is 3. The van der Waals surface area contributed by atoms with Gasteiger partial charge in [-0.3, -0.25) is 9.79 Å². The maximum atomic E-state index is 13.9. The first-order valence-corrected chi connectivity index (χ1v) is 8.97. The van der Waals surface area contributed by atoms with Crippen molar-refractivity contribution in [2.45, 2.75) is 32.9 Å². The van der Waals surface area contributed by atoms with Gasteiger partial charge < -0.3 is 4.74 Å². The van der Waals surface area contributed by atoms with Crippen molar-refractivity contribution in [2.24, 2.45) is 10.9 Å². The van der Waals surface area contributed by atoms with E-state index in [0.717, 1.165) is 6.07 Å². The van der Waals surface area contributed by atoms with Gasteiger partial charge in [-0.05, 0) is 44.5 Å². The van der Waals surface area contributed by atoms with Crippen LogP contribution in [0.2, 0.25) is 0 Å². The monoisotopic (exact) mass is 401 g/mol. The van der Waals surface area contributed by atoms with Crippen LogP contribution >= 0.6 is 0 Å². The Kier molecular flexibility index (Phi) is 5.42. The maximum Gasteiger partial charge on any atom is 0.416 e. The maximum absolute atomic E-state index is 13.9. The third-order valence-electron chi connectivity index (χ3n) is 4.86. The smallest absolute Gasteiger partial charge is 0.416 e. The molecule has 0 bridgehead atoms. The standard InChI is InChI=1S/C21H18F3N3O2/c1-4-29-20-19-16(7-8-26-20)27-11(2)17(12(3)28)18(19)14-6-5-13(10-25)9-15(14)21(22,23)24/h5-9,17-18H,4H2,1-3H3. The number of carbonyl (C=O) groups excluding carboxylic acids is 1. The fourth-order valence-corrected chi connectivity index (χ4v) is 3.76. The van der Waals surface area contributed by atoms with Gasteiger partial charge in [0.2, 0.25) is 5.88 Å². The Morgan fingerprint density at radius 3 is 2.62 bits per heavy atom. The van der Waals surface area contributed by atoms with Crippen LogP contribution in [0, 0.1) is 17.2 Å². The number of carbonyl (C=O) groups is 1. The minimum absolute atomic E-state index is 0.110. The molecule has 2 atom stereocenters. The second kappa shape index (κ2) is 7.66. The molecule has 0 spiro atoms. The zero-order valence-corrected chi connectivity index (χ0v) is 16.0. The Bertz CT molecular complexity index is 1040. The number of hydrogen-bond acceptors (Lipinski definition) is 5. The molecule has 0 aliphatic carbocycles. The normalized spacial score (nSPS) is 18.4. The lowest BCUT2D eigenvalue weighted by atomic mass is 9.73. The van der Waals surface area contributed by atoms with Crippen molar-refractivity contribution in [3.8, 4) is 11.9 Å². The van der Waals surface area contributed by atoms with E-state index < -0.39 is 23.6 Å². The third-order valence-corrected chi connectivity index (χ3v) is 4.86. The van der Waals surface area contributed by atoms with Gasteiger partial charge in [-0.1, -0.05) is 6.07 Å². The number of Topliss-reactive ketones (excluding diaryl/α,β-unsaturated/α-hetero) is 1. The summed E-state index contributed by atoms with van der Waals surface area (Å²) in [4.78, 5) is 21.1. The highest BCUT2D eigenvalue weighted by molar-refractivity contribution is 6.07. The van der Waals surface area contributed by atoms with Crippen molar-refractivity contribution >= 4 is 17.2 Å². The lowest BCUT2D eigenvalue weighted by Gasteiger charge is -2.33. The largest absolute Gasteiger partial charge is 0.478 e.